The standard InChI is InChI=1S/C54H78N10O17S/c1-7-28(4)42(54(80)81)61-46(72)34(20-21-39(67)68)56-51(77)44(30(6)66)63-49(75)38-19-14-22-64(38)53(79)37(26-82)59-50(76)41(27(2)3)60-47(73)36(24-32-17-12-9-13-18-32)58-52(78)43(29(5)65)62-48(74)35(23-31-15-10-8-11-16-31)57-45(71)33(55)25-40(69)70/h8-13,15-18,27-30,33-38,41-44,65-66,82H,7,14,19-26,55H2,1-6H3,(H,56,77)(H,57,71)(H,58,78)(H,59,76)(H,60,73)(H,61,72)(H,62,74)(H,63,75)(H,67,68)(H,69,70)(H,80,81)/t28-,29+,30+,33-,34-,35-,36-,37-,38-,41-,42-,43-,44-/m0/s1. The number of likely N-dealkylation sites (tertiary alicyclic amines) is 1. The minimum absolute atomic E-state index is 0.0106. The third-order valence-corrected chi connectivity index (χ3v) is 14.0. The molecule has 0 radical (unpaired) electrons. The lowest BCUT2D eigenvalue weighted by Gasteiger charge is -2.31. The Kier molecular flexibility index (Phi) is 27.8. The summed E-state index contributed by atoms with van der Waals surface area (Å²) in [6.07, 6.45) is -4.76. The Hall–Kier alpha value is -7.69. The van der Waals surface area contributed by atoms with Crippen LogP contribution >= 0.6 is 12.6 Å². The van der Waals surface area contributed by atoms with Gasteiger partial charge in [0, 0.05) is 31.6 Å². The normalized spacial score (nSPS) is 17.5. The van der Waals surface area contributed by atoms with E-state index in [0.717, 1.165) is 11.8 Å². The highest BCUT2D eigenvalue weighted by molar-refractivity contribution is 7.80. The maximum atomic E-state index is 14.3. The molecule has 0 bridgehead atoms. The van der Waals surface area contributed by atoms with Crippen LogP contribution in [0.4, 0.5) is 0 Å². The van der Waals surface area contributed by atoms with E-state index in [1.54, 1.807) is 88.4 Å². The highest BCUT2D eigenvalue weighted by atomic mass is 32.1. The lowest BCUT2D eigenvalue weighted by Crippen LogP contribution is -2.63. The van der Waals surface area contributed by atoms with Gasteiger partial charge in [-0.05, 0) is 56.1 Å². The molecule has 28 heteroatoms. The van der Waals surface area contributed by atoms with Gasteiger partial charge >= 0.3 is 17.9 Å². The van der Waals surface area contributed by atoms with Gasteiger partial charge in [0.2, 0.25) is 53.2 Å². The number of benzene rings is 2. The molecule has 1 aliphatic rings. The zero-order valence-electron chi connectivity index (χ0n) is 46.5. The van der Waals surface area contributed by atoms with Crippen molar-refractivity contribution in [3.63, 3.8) is 0 Å². The molecule has 2 aromatic carbocycles. The number of amides is 9. The van der Waals surface area contributed by atoms with Crippen LogP contribution in [0.5, 0.6) is 0 Å². The molecule has 15 N–H and O–H groups in total. The minimum atomic E-state index is -1.77. The first-order chi connectivity index (χ1) is 38.6. The van der Waals surface area contributed by atoms with Gasteiger partial charge in [-0.3, -0.25) is 52.7 Å². The number of rotatable bonds is 33. The Morgan fingerprint density at radius 2 is 1.01 bits per heavy atom. The van der Waals surface area contributed by atoms with E-state index in [1.165, 1.54) is 6.92 Å². The van der Waals surface area contributed by atoms with Gasteiger partial charge in [0.25, 0.3) is 0 Å². The molecule has 0 aromatic heterocycles. The second-order valence-electron chi connectivity index (χ2n) is 20.5. The van der Waals surface area contributed by atoms with Gasteiger partial charge in [-0.15, -0.1) is 0 Å². The first kappa shape index (κ1) is 68.6. The zero-order chi connectivity index (χ0) is 61.5. The fourth-order valence-electron chi connectivity index (χ4n) is 8.73. The van der Waals surface area contributed by atoms with Crippen molar-refractivity contribution in [2.45, 2.75) is 166 Å². The van der Waals surface area contributed by atoms with E-state index in [0.29, 0.717) is 17.5 Å². The number of thiol groups is 1. The van der Waals surface area contributed by atoms with E-state index in [9.17, 15) is 83.1 Å². The number of nitrogens with two attached hydrogens (primary N) is 1. The summed E-state index contributed by atoms with van der Waals surface area (Å²) < 4.78 is 0. The topological polar surface area (TPSA) is 431 Å². The van der Waals surface area contributed by atoms with Crippen molar-refractivity contribution >= 4 is 83.7 Å². The van der Waals surface area contributed by atoms with E-state index >= 15 is 0 Å². The Labute approximate surface area is 479 Å². The third kappa shape index (κ3) is 21.3. The van der Waals surface area contributed by atoms with Crippen LogP contribution in [0.2, 0.25) is 0 Å². The summed E-state index contributed by atoms with van der Waals surface area (Å²) in [5, 5.41) is 69.4. The van der Waals surface area contributed by atoms with Crippen LogP contribution in [0.15, 0.2) is 60.7 Å². The summed E-state index contributed by atoms with van der Waals surface area (Å²) in [5.74, 6) is -14.3. The molecule has 82 heavy (non-hydrogen) atoms. The van der Waals surface area contributed by atoms with Crippen molar-refractivity contribution < 1.29 is 83.1 Å². The molecule has 0 saturated carbocycles. The van der Waals surface area contributed by atoms with Crippen LogP contribution in [0.1, 0.15) is 91.2 Å². The average molecular weight is 1170 g/mol. The Bertz CT molecular complexity index is 2560. The second-order valence-corrected chi connectivity index (χ2v) is 20.9. The van der Waals surface area contributed by atoms with E-state index in [4.69, 9.17) is 5.73 Å². The molecule has 1 heterocycles. The summed E-state index contributed by atoms with van der Waals surface area (Å²) in [7, 11) is 0. The molecule has 0 aliphatic carbocycles. The second kappa shape index (κ2) is 33.3. The van der Waals surface area contributed by atoms with Crippen LogP contribution in [0.25, 0.3) is 0 Å². The molecular formula is C54H78N10O17S. The quantitative estimate of drug-likeness (QED) is 0.0328. The predicted octanol–water partition coefficient (Wildman–Crippen LogP) is -2.51. The number of nitrogens with one attached hydrogen (secondary N) is 8. The first-order valence-electron chi connectivity index (χ1n) is 26.8. The molecule has 0 spiro atoms. The average Bonchev–Trinajstić information content (AvgIpc) is 4.04. The van der Waals surface area contributed by atoms with Crippen LogP contribution < -0.4 is 48.3 Å². The van der Waals surface area contributed by atoms with Crippen molar-refractivity contribution in [3.05, 3.63) is 71.8 Å². The lowest BCUT2D eigenvalue weighted by atomic mass is 9.98. The number of aliphatic carboxylic acids is 3. The highest BCUT2D eigenvalue weighted by Gasteiger charge is 2.42. The summed E-state index contributed by atoms with van der Waals surface area (Å²) >= 11 is 4.30. The summed E-state index contributed by atoms with van der Waals surface area (Å²) in [6, 6.07) is 1.64. The molecule has 27 nitrogen and oxygen atoms in total. The van der Waals surface area contributed by atoms with Gasteiger partial charge in [0.05, 0.1) is 24.7 Å². The predicted molar refractivity (Wildman–Crippen MR) is 297 cm³/mol. The molecule has 1 aliphatic heterocycles. The summed E-state index contributed by atoms with van der Waals surface area (Å²) in [5.41, 5.74) is 6.86. The number of carboxylic acid groups (broad SMARTS) is 3. The molecule has 0 unspecified atom stereocenters. The number of carboxylic acids is 3. The van der Waals surface area contributed by atoms with Crippen LogP contribution in [-0.4, -0.2) is 186 Å². The lowest BCUT2D eigenvalue weighted by molar-refractivity contribution is -0.144. The van der Waals surface area contributed by atoms with Crippen molar-refractivity contribution in [2.75, 3.05) is 12.3 Å². The first-order valence-corrected chi connectivity index (χ1v) is 27.4. The number of hydrogen-bond donors (Lipinski definition) is 15. The molecular weight excluding hydrogens is 1090 g/mol. The maximum Gasteiger partial charge on any atom is 0.326 e. The number of nitrogens with zero attached hydrogens (tertiary/aromatic N) is 1. The van der Waals surface area contributed by atoms with Gasteiger partial charge in [-0.25, -0.2) is 4.79 Å². The molecule has 3 rings (SSSR count). The Morgan fingerprint density at radius 1 is 0.573 bits per heavy atom. The molecule has 1 fully saturated rings. The largest absolute Gasteiger partial charge is 0.481 e. The van der Waals surface area contributed by atoms with E-state index in [1.807, 2.05) is 0 Å². The van der Waals surface area contributed by atoms with Crippen LogP contribution in [0, 0.1) is 11.8 Å². The van der Waals surface area contributed by atoms with Crippen LogP contribution in [-0.2, 0) is 70.4 Å². The Morgan fingerprint density at radius 3 is 1.46 bits per heavy atom. The third-order valence-electron chi connectivity index (χ3n) is 13.6. The minimum Gasteiger partial charge on any atom is -0.481 e. The molecule has 452 valence electrons. The Balaban J connectivity index is 1.82. The molecule has 9 amide bonds. The zero-order valence-corrected chi connectivity index (χ0v) is 47.4. The summed E-state index contributed by atoms with van der Waals surface area (Å²) in [6.45, 7) is 8.76. The van der Waals surface area contributed by atoms with Gasteiger partial charge in [0.1, 0.15) is 54.4 Å². The van der Waals surface area contributed by atoms with Crippen LogP contribution in [0.3, 0.4) is 0 Å². The number of carbonyl (C=O) groups excluding carboxylic acids is 9. The van der Waals surface area contributed by atoms with Crippen molar-refractivity contribution in [1.82, 2.24) is 47.4 Å². The molecule has 13 atom stereocenters. The van der Waals surface area contributed by atoms with Crippen molar-refractivity contribution in [3.8, 4) is 0 Å². The van der Waals surface area contributed by atoms with Gasteiger partial charge in [-0.2, -0.15) is 12.6 Å². The van der Waals surface area contributed by atoms with Crippen molar-refractivity contribution in [1.29, 1.82) is 0 Å². The smallest absolute Gasteiger partial charge is 0.326 e. The van der Waals surface area contributed by atoms with Crippen molar-refractivity contribution in [2.24, 2.45) is 17.6 Å². The molecule has 1 saturated heterocycles. The van der Waals surface area contributed by atoms with Gasteiger partial charge in [0.15, 0.2) is 0 Å². The highest BCUT2D eigenvalue weighted by Crippen LogP contribution is 2.20. The van der Waals surface area contributed by atoms with E-state index < -0.39 is 175 Å². The number of aliphatic hydroxyl groups is 2. The number of hydrogen-bond acceptors (Lipinski definition) is 16. The van der Waals surface area contributed by atoms with Gasteiger partial charge < -0.3 is 78.7 Å². The fraction of sp³-hybridized carbons (Fsp3) is 0.556. The SMILES string of the molecule is CC[C@H](C)[C@H](NC(=O)[C@H](CCC(=O)O)NC(=O)[C@@H](NC(=O)[C@@H]1CCCN1C(=O)[C@H](CS)NC(=O)[C@@H](NC(=O)[C@H](Cc1ccccc1)NC(=O)[C@@H](NC(=O)[C@H](Cc1ccccc1)NC(=O)[C@@H](N)CC(=O)O)[C@@H](C)O)C(C)C)[C@@H](C)O)C(=O)O. The summed E-state index contributed by atoms with van der Waals surface area (Å²) in [4.78, 5) is 160. The molecule has 2 aromatic rings. The monoisotopic (exact) mass is 1170 g/mol. The maximum absolute atomic E-state index is 14.3. The fourth-order valence-corrected chi connectivity index (χ4v) is 8.97. The van der Waals surface area contributed by atoms with E-state index in [-0.39, 0.29) is 38.0 Å². The number of carbonyl (C=O) groups is 12. The number of aliphatic hydroxyl groups excluding tert-OH is 2. The van der Waals surface area contributed by atoms with E-state index in [2.05, 4.69) is 55.2 Å². The van der Waals surface area contributed by atoms with Gasteiger partial charge in [-0.1, -0.05) is 94.8 Å².